The van der Waals surface area contributed by atoms with Crippen LogP contribution in [0.5, 0.6) is 5.75 Å². The predicted molar refractivity (Wildman–Crippen MR) is 138 cm³/mol. The fraction of sp³-hybridized carbons (Fsp3) is 0.286. The van der Waals surface area contributed by atoms with E-state index >= 15 is 0 Å². The number of hydrogen-bond donors (Lipinski definition) is 2. The van der Waals surface area contributed by atoms with E-state index in [4.69, 9.17) is 16.7 Å². The zero-order chi connectivity index (χ0) is 28.1. The molecule has 0 radical (unpaired) electrons. The van der Waals surface area contributed by atoms with Gasteiger partial charge in [-0.05, 0) is 67.6 Å². The number of ether oxygens (including phenoxy) is 1. The molecule has 11 heteroatoms. The van der Waals surface area contributed by atoms with Gasteiger partial charge >= 0.3 is 12.6 Å². The molecule has 1 atom stereocenters. The maximum absolute atomic E-state index is 14.8. The summed E-state index contributed by atoms with van der Waals surface area (Å²) in [7, 11) is 0. The molecule has 1 aliphatic rings. The molecule has 39 heavy (non-hydrogen) atoms. The van der Waals surface area contributed by atoms with Gasteiger partial charge in [0.25, 0.3) is 0 Å². The van der Waals surface area contributed by atoms with Gasteiger partial charge < -0.3 is 15.2 Å². The molecular weight excluding hydrogens is 537 g/mol. The summed E-state index contributed by atoms with van der Waals surface area (Å²) in [6.45, 7) is -3.18. The molecule has 1 heterocycles. The molecular formula is C28H24ClF3N2O5. The van der Waals surface area contributed by atoms with Crippen LogP contribution in [0.15, 0.2) is 54.7 Å². The molecule has 1 aliphatic carbocycles. The van der Waals surface area contributed by atoms with Crippen LogP contribution >= 0.6 is 11.6 Å². The summed E-state index contributed by atoms with van der Waals surface area (Å²) in [6, 6.07) is 10.9. The average Bonchev–Trinajstić information content (AvgIpc) is 2.91. The number of Topliss-reactive ketones (excluding diaryl/α,β-unsaturated/α-hetero) is 1. The van der Waals surface area contributed by atoms with Crippen molar-refractivity contribution in [1.29, 1.82) is 0 Å². The van der Waals surface area contributed by atoms with Crippen LogP contribution in [0.25, 0.3) is 11.1 Å². The fourth-order valence-electron chi connectivity index (χ4n) is 4.61. The number of rotatable bonds is 9. The molecule has 7 nitrogen and oxygen atoms in total. The second kappa shape index (κ2) is 12.3. The number of carboxylic acids is 1. The number of carbonyl (C=O) groups excluding carboxylic acids is 2. The SMILES string of the molecule is O=C1CCC(CC(C(=O)Nc2ccc(C(=O)O)cc2)c2ccc(-c3c(OC(F)F)ccc(Cl)c3F)cn2)CC1. The number of nitrogens with zero attached hydrogens (tertiary/aromatic N) is 1. The van der Waals surface area contributed by atoms with Gasteiger partial charge in [0.15, 0.2) is 5.82 Å². The van der Waals surface area contributed by atoms with E-state index < -0.39 is 36.0 Å². The molecule has 1 saturated carbocycles. The first-order chi connectivity index (χ1) is 18.6. The van der Waals surface area contributed by atoms with Crippen molar-refractivity contribution in [2.45, 2.75) is 44.6 Å². The minimum absolute atomic E-state index is 0.0668. The fourth-order valence-corrected chi connectivity index (χ4v) is 4.77. The predicted octanol–water partition coefficient (Wildman–Crippen LogP) is 6.71. The first kappa shape index (κ1) is 28.1. The molecule has 2 aromatic carbocycles. The van der Waals surface area contributed by atoms with Gasteiger partial charge in [-0.1, -0.05) is 17.7 Å². The molecule has 0 aliphatic heterocycles. The second-order valence-electron chi connectivity index (χ2n) is 9.23. The minimum atomic E-state index is -3.18. The summed E-state index contributed by atoms with van der Waals surface area (Å²) in [4.78, 5) is 40.6. The molecule has 0 spiro atoms. The lowest BCUT2D eigenvalue weighted by molar-refractivity contribution is -0.121. The van der Waals surface area contributed by atoms with Crippen molar-refractivity contribution in [2.75, 3.05) is 5.32 Å². The minimum Gasteiger partial charge on any atom is -0.478 e. The quantitative estimate of drug-likeness (QED) is 0.301. The van der Waals surface area contributed by atoms with E-state index in [1.54, 1.807) is 0 Å². The number of halogens is 4. The van der Waals surface area contributed by atoms with E-state index in [1.807, 2.05) is 0 Å². The van der Waals surface area contributed by atoms with Gasteiger partial charge in [0.1, 0.15) is 11.5 Å². The van der Waals surface area contributed by atoms with Gasteiger partial charge in [-0.25, -0.2) is 9.18 Å². The molecule has 2 N–H and O–H groups in total. The van der Waals surface area contributed by atoms with Crippen LogP contribution < -0.4 is 10.1 Å². The molecule has 3 aromatic rings. The van der Waals surface area contributed by atoms with Crippen LogP contribution in [0.2, 0.25) is 5.02 Å². The molecule has 4 rings (SSSR count). The molecule has 1 amide bonds. The van der Waals surface area contributed by atoms with Gasteiger partial charge in [-0.3, -0.25) is 14.6 Å². The number of carboxylic acid groups (broad SMARTS) is 1. The van der Waals surface area contributed by atoms with E-state index in [0.717, 1.165) is 12.1 Å². The Morgan fingerprint density at radius 2 is 1.77 bits per heavy atom. The number of hydrogen-bond acceptors (Lipinski definition) is 5. The average molecular weight is 561 g/mol. The summed E-state index contributed by atoms with van der Waals surface area (Å²) in [5, 5.41) is 11.6. The van der Waals surface area contributed by atoms with E-state index in [2.05, 4.69) is 15.0 Å². The van der Waals surface area contributed by atoms with Crippen LogP contribution in [0, 0.1) is 11.7 Å². The van der Waals surface area contributed by atoms with Crippen molar-refractivity contribution < 1.29 is 37.4 Å². The number of aromatic carboxylic acids is 1. The van der Waals surface area contributed by atoms with Crippen LogP contribution in [0.3, 0.4) is 0 Å². The zero-order valence-electron chi connectivity index (χ0n) is 20.5. The Morgan fingerprint density at radius 1 is 1.08 bits per heavy atom. The Labute approximate surface area is 227 Å². The summed E-state index contributed by atoms with van der Waals surface area (Å²) in [5.74, 6) is -3.34. The van der Waals surface area contributed by atoms with E-state index in [0.29, 0.717) is 43.5 Å². The number of anilines is 1. The summed E-state index contributed by atoms with van der Waals surface area (Å²) < 4.78 is 45.1. The molecule has 0 saturated heterocycles. The van der Waals surface area contributed by atoms with Crippen LogP contribution in [0.1, 0.15) is 54.1 Å². The number of carbonyl (C=O) groups is 3. The Morgan fingerprint density at radius 3 is 2.36 bits per heavy atom. The van der Waals surface area contributed by atoms with E-state index in [-0.39, 0.29) is 33.4 Å². The highest BCUT2D eigenvalue weighted by Crippen LogP contribution is 2.38. The zero-order valence-corrected chi connectivity index (χ0v) is 21.3. The summed E-state index contributed by atoms with van der Waals surface area (Å²) in [6.07, 6.45) is 3.79. The number of ketones is 1. The van der Waals surface area contributed by atoms with Crippen LogP contribution in [0.4, 0.5) is 18.9 Å². The lowest BCUT2D eigenvalue weighted by Gasteiger charge is -2.25. The molecule has 0 bridgehead atoms. The van der Waals surface area contributed by atoms with Crippen molar-refractivity contribution in [3.8, 4) is 16.9 Å². The number of benzene rings is 2. The van der Waals surface area contributed by atoms with E-state index in [1.165, 1.54) is 42.6 Å². The Balaban J connectivity index is 1.63. The summed E-state index contributed by atoms with van der Waals surface area (Å²) >= 11 is 5.87. The third-order valence-corrected chi connectivity index (χ3v) is 6.94. The molecule has 1 fully saturated rings. The number of pyridine rings is 1. The largest absolute Gasteiger partial charge is 0.478 e. The van der Waals surface area contributed by atoms with Crippen molar-refractivity contribution in [3.05, 3.63) is 76.8 Å². The summed E-state index contributed by atoms with van der Waals surface area (Å²) in [5.41, 5.74) is 0.652. The first-order valence-corrected chi connectivity index (χ1v) is 12.5. The molecule has 1 unspecified atom stereocenters. The lowest BCUT2D eigenvalue weighted by Crippen LogP contribution is -2.26. The lowest BCUT2D eigenvalue weighted by atomic mass is 9.81. The second-order valence-corrected chi connectivity index (χ2v) is 9.63. The smallest absolute Gasteiger partial charge is 0.387 e. The highest BCUT2D eigenvalue weighted by Gasteiger charge is 2.29. The Bertz CT molecular complexity index is 1360. The number of nitrogens with one attached hydrogen (secondary N) is 1. The normalized spacial score (nSPS) is 14.7. The van der Waals surface area contributed by atoms with Gasteiger partial charge in [-0.15, -0.1) is 0 Å². The van der Waals surface area contributed by atoms with Crippen molar-refractivity contribution in [2.24, 2.45) is 5.92 Å². The monoisotopic (exact) mass is 560 g/mol. The van der Waals surface area contributed by atoms with Crippen molar-refractivity contribution in [3.63, 3.8) is 0 Å². The maximum atomic E-state index is 14.8. The van der Waals surface area contributed by atoms with Crippen molar-refractivity contribution in [1.82, 2.24) is 4.98 Å². The first-order valence-electron chi connectivity index (χ1n) is 12.2. The standard InChI is InChI=1S/C28H24ClF3N2O5/c29-21-10-12-23(39-28(31)32)24(25(21)30)17-5-11-22(33-14-17)20(13-15-1-8-19(35)9-2-15)26(36)34-18-6-3-16(4-7-18)27(37)38/h3-7,10-12,14-15,20,28H,1-2,8-9,13H2,(H,34,36)(H,37,38). The van der Waals surface area contributed by atoms with Crippen LogP contribution in [-0.2, 0) is 9.59 Å². The van der Waals surface area contributed by atoms with Gasteiger partial charge in [0.2, 0.25) is 5.91 Å². The molecule has 1 aromatic heterocycles. The van der Waals surface area contributed by atoms with Crippen molar-refractivity contribution >= 4 is 34.9 Å². The highest BCUT2D eigenvalue weighted by molar-refractivity contribution is 6.31. The topological polar surface area (TPSA) is 106 Å². The molecule has 204 valence electrons. The number of amides is 1. The van der Waals surface area contributed by atoms with Crippen LogP contribution in [-0.4, -0.2) is 34.4 Å². The maximum Gasteiger partial charge on any atom is 0.387 e. The Hall–Kier alpha value is -3.92. The third kappa shape index (κ3) is 6.94. The Kier molecular flexibility index (Phi) is 8.86. The van der Waals surface area contributed by atoms with E-state index in [9.17, 15) is 27.6 Å². The van der Waals surface area contributed by atoms with Gasteiger partial charge in [0, 0.05) is 30.3 Å². The van der Waals surface area contributed by atoms with Gasteiger partial charge in [-0.2, -0.15) is 8.78 Å². The number of aromatic nitrogens is 1. The highest BCUT2D eigenvalue weighted by atomic mass is 35.5. The number of alkyl halides is 2. The van der Waals surface area contributed by atoms with Gasteiger partial charge in [0.05, 0.1) is 27.8 Å². The third-order valence-electron chi connectivity index (χ3n) is 6.65.